The van der Waals surface area contributed by atoms with Crippen molar-refractivity contribution in [2.75, 3.05) is 38.7 Å². The molecule has 1 aliphatic rings. The molecule has 26 heavy (non-hydrogen) atoms. The largest absolute Gasteiger partial charge is 0.495 e. The van der Waals surface area contributed by atoms with Crippen LogP contribution in [0.15, 0.2) is 38.4 Å². The number of halogens is 2. The Kier molecular flexibility index (Phi) is 7.44. The van der Waals surface area contributed by atoms with Gasteiger partial charge in [-0.25, -0.2) is 4.99 Å². The molecule has 7 nitrogen and oxygen atoms in total. The van der Waals surface area contributed by atoms with Crippen LogP contribution < -0.4 is 10.1 Å². The number of ether oxygens (including phenoxy) is 2. The molecule has 1 N–H and O–H groups in total. The van der Waals surface area contributed by atoms with Gasteiger partial charge in [0, 0.05) is 18.7 Å². The molecule has 1 saturated heterocycles. The third-order valence-corrected chi connectivity index (χ3v) is 4.28. The van der Waals surface area contributed by atoms with Gasteiger partial charge in [-0.1, -0.05) is 23.2 Å². The molecule has 0 saturated carbocycles. The van der Waals surface area contributed by atoms with Crippen LogP contribution in [0.4, 0.5) is 5.69 Å². The monoisotopic (exact) mass is 398 g/mol. The van der Waals surface area contributed by atoms with E-state index in [9.17, 15) is 4.79 Å². The third kappa shape index (κ3) is 5.20. The van der Waals surface area contributed by atoms with Crippen LogP contribution in [0.1, 0.15) is 17.3 Å². The van der Waals surface area contributed by atoms with E-state index in [4.69, 9.17) is 32.7 Å². The van der Waals surface area contributed by atoms with Crippen molar-refractivity contribution in [3.8, 4) is 5.75 Å². The van der Waals surface area contributed by atoms with Crippen LogP contribution in [0.3, 0.4) is 0 Å². The van der Waals surface area contributed by atoms with E-state index < -0.39 is 0 Å². The number of amides is 1. The number of aliphatic imine (C=N–C) groups is 2. The molecule has 1 aromatic carbocycles. The number of carbonyl (C=O) groups excluding carboxylic acids is 1. The Labute approximate surface area is 162 Å². The van der Waals surface area contributed by atoms with E-state index in [2.05, 4.69) is 22.0 Å². The van der Waals surface area contributed by atoms with Crippen molar-refractivity contribution in [2.45, 2.75) is 6.92 Å². The van der Waals surface area contributed by atoms with Crippen LogP contribution in [0.2, 0.25) is 0 Å². The Morgan fingerprint density at radius 2 is 2.04 bits per heavy atom. The zero-order chi connectivity index (χ0) is 19.1. The Balaban J connectivity index is 2.24. The number of hydrogen-bond acceptors (Lipinski definition) is 4. The summed E-state index contributed by atoms with van der Waals surface area (Å²) in [4.78, 5) is 22.1. The molecule has 0 bridgehead atoms. The summed E-state index contributed by atoms with van der Waals surface area (Å²) >= 11 is 11.7. The number of benzene rings is 1. The molecule has 1 aliphatic heterocycles. The average Bonchev–Trinajstić information content (AvgIpc) is 2.67. The molecular weight excluding hydrogens is 379 g/mol. The van der Waals surface area contributed by atoms with Gasteiger partial charge < -0.3 is 19.7 Å². The molecular formula is C17H20Cl2N4O3. The Morgan fingerprint density at radius 1 is 1.35 bits per heavy atom. The minimum atomic E-state index is -0.0716. The number of hydrogen-bond donors (Lipinski definition) is 1. The smallest absolute Gasteiger partial charge is 0.254 e. The topological polar surface area (TPSA) is 75.5 Å². The summed E-state index contributed by atoms with van der Waals surface area (Å²) in [6, 6.07) is 5.07. The second-order valence-electron chi connectivity index (χ2n) is 5.36. The summed E-state index contributed by atoms with van der Waals surface area (Å²) in [6.07, 6.45) is 0. The van der Waals surface area contributed by atoms with Gasteiger partial charge in [0.15, 0.2) is 0 Å². The van der Waals surface area contributed by atoms with Crippen LogP contribution in [-0.2, 0) is 4.74 Å². The number of guanidine groups is 1. The fourth-order valence-electron chi connectivity index (χ4n) is 2.27. The maximum Gasteiger partial charge on any atom is 0.254 e. The maximum absolute atomic E-state index is 12.6. The van der Waals surface area contributed by atoms with Crippen LogP contribution in [-0.4, -0.2) is 56.9 Å². The predicted octanol–water partition coefficient (Wildman–Crippen LogP) is 3.30. The highest BCUT2D eigenvalue weighted by molar-refractivity contribution is 6.39. The van der Waals surface area contributed by atoms with Crippen molar-refractivity contribution >= 4 is 47.5 Å². The average molecular weight is 399 g/mol. The van der Waals surface area contributed by atoms with Gasteiger partial charge in [-0.05, 0) is 31.8 Å². The molecule has 0 aliphatic carbocycles. The van der Waals surface area contributed by atoms with Gasteiger partial charge in [-0.3, -0.25) is 4.79 Å². The number of nitrogens with one attached hydrogen (secondary N) is 1. The van der Waals surface area contributed by atoms with Crippen molar-refractivity contribution in [2.24, 2.45) is 9.98 Å². The molecule has 0 atom stereocenters. The quantitative estimate of drug-likeness (QED) is 0.479. The minimum absolute atomic E-state index is 0.0716. The number of methoxy groups -OCH3 is 1. The van der Waals surface area contributed by atoms with Crippen LogP contribution in [0, 0.1) is 0 Å². The summed E-state index contributed by atoms with van der Waals surface area (Å²) in [5, 5.41) is 3.38. The first-order valence-electron chi connectivity index (χ1n) is 7.85. The number of nitrogens with zero attached hydrogens (tertiary/aromatic N) is 3. The molecule has 1 aromatic rings. The zero-order valence-electron chi connectivity index (χ0n) is 14.6. The Hall–Kier alpha value is -2.09. The van der Waals surface area contributed by atoms with Gasteiger partial charge in [0.05, 0.1) is 31.0 Å². The fourth-order valence-corrected chi connectivity index (χ4v) is 2.39. The lowest BCUT2D eigenvalue weighted by atomic mass is 10.1. The standard InChI is InChI=1S/C17H20Cl2N4O3/c1-11(18)15(19)22-17(20-2)21-13-5-4-12(10-14(13)25-3)16(24)23-6-8-26-9-7-23/h4-5,10H,2,6-9H2,1,3H3,(H,21,22)/b15-11+. The van der Waals surface area contributed by atoms with Crippen LogP contribution in [0.5, 0.6) is 5.75 Å². The van der Waals surface area contributed by atoms with Crippen molar-refractivity contribution in [1.29, 1.82) is 0 Å². The first-order chi connectivity index (χ1) is 12.5. The summed E-state index contributed by atoms with van der Waals surface area (Å²) < 4.78 is 10.6. The zero-order valence-corrected chi connectivity index (χ0v) is 16.1. The van der Waals surface area contributed by atoms with Gasteiger partial charge in [0.2, 0.25) is 5.96 Å². The van der Waals surface area contributed by atoms with Crippen LogP contribution >= 0.6 is 23.2 Å². The second-order valence-corrected chi connectivity index (χ2v) is 6.29. The molecule has 0 radical (unpaired) electrons. The SMILES string of the molecule is C=N/C(=N\C(Cl)=C(/C)Cl)Nc1ccc(C(=O)N2CCOCC2)cc1OC. The van der Waals surface area contributed by atoms with Crippen molar-refractivity contribution in [1.82, 2.24) is 4.90 Å². The highest BCUT2D eigenvalue weighted by Crippen LogP contribution is 2.27. The van der Waals surface area contributed by atoms with E-state index in [0.717, 1.165) is 0 Å². The molecule has 0 unspecified atom stereocenters. The molecule has 9 heteroatoms. The predicted molar refractivity (Wildman–Crippen MR) is 105 cm³/mol. The minimum Gasteiger partial charge on any atom is -0.495 e. The molecule has 2 rings (SSSR count). The number of allylic oxidation sites excluding steroid dienone is 1. The first-order valence-corrected chi connectivity index (χ1v) is 8.61. The van der Waals surface area contributed by atoms with Crippen molar-refractivity contribution in [3.63, 3.8) is 0 Å². The van der Waals surface area contributed by atoms with E-state index in [1.165, 1.54) is 7.11 Å². The van der Waals surface area contributed by atoms with Gasteiger partial charge >= 0.3 is 0 Å². The van der Waals surface area contributed by atoms with E-state index in [1.807, 2.05) is 0 Å². The molecule has 0 spiro atoms. The van der Waals surface area contributed by atoms with E-state index in [0.29, 0.717) is 48.3 Å². The van der Waals surface area contributed by atoms with Crippen molar-refractivity contribution in [3.05, 3.63) is 34.0 Å². The lowest BCUT2D eigenvalue weighted by molar-refractivity contribution is 0.0302. The summed E-state index contributed by atoms with van der Waals surface area (Å²) in [6.45, 7) is 7.29. The van der Waals surface area contributed by atoms with E-state index in [1.54, 1.807) is 30.0 Å². The maximum atomic E-state index is 12.6. The van der Waals surface area contributed by atoms with E-state index >= 15 is 0 Å². The third-order valence-electron chi connectivity index (χ3n) is 3.63. The van der Waals surface area contributed by atoms with E-state index in [-0.39, 0.29) is 17.0 Å². The second kappa shape index (κ2) is 9.56. The summed E-state index contributed by atoms with van der Waals surface area (Å²) in [7, 11) is 1.51. The highest BCUT2D eigenvalue weighted by atomic mass is 35.5. The number of rotatable bonds is 4. The normalized spacial score (nSPS) is 16.0. The number of anilines is 1. The van der Waals surface area contributed by atoms with Crippen LogP contribution in [0.25, 0.3) is 0 Å². The highest BCUT2D eigenvalue weighted by Gasteiger charge is 2.20. The first kappa shape index (κ1) is 20.2. The fraction of sp³-hybridized carbons (Fsp3) is 0.353. The summed E-state index contributed by atoms with van der Waals surface area (Å²) in [5.41, 5.74) is 1.09. The van der Waals surface area contributed by atoms with Gasteiger partial charge in [0.1, 0.15) is 10.9 Å². The van der Waals surface area contributed by atoms with Gasteiger partial charge in [0.25, 0.3) is 5.91 Å². The van der Waals surface area contributed by atoms with Crippen molar-refractivity contribution < 1.29 is 14.3 Å². The Morgan fingerprint density at radius 3 is 2.62 bits per heavy atom. The molecule has 1 fully saturated rings. The number of morpholine rings is 1. The lowest BCUT2D eigenvalue weighted by Gasteiger charge is -2.27. The molecule has 140 valence electrons. The molecule has 1 amide bonds. The van der Waals surface area contributed by atoms with Gasteiger partial charge in [-0.15, -0.1) is 0 Å². The Bertz CT molecular complexity index is 740. The van der Waals surface area contributed by atoms with Gasteiger partial charge in [-0.2, -0.15) is 4.99 Å². The lowest BCUT2D eigenvalue weighted by Crippen LogP contribution is -2.40. The molecule has 1 heterocycles. The summed E-state index contributed by atoms with van der Waals surface area (Å²) in [5.74, 6) is 0.543. The number of carbonyl (C=O) groups is 1. The molecule has 0 aromatic heterocycles.